The van der Waals surface area contributed by atoms with Gasteiger partial charge >= 0.3 is 0 Å². The van der Waals surface area contributed by atoms with Crippen molar-refractivity contribution in [3.63, 3.8) is 0 Å². The summed E-state index contributed by atoms with van der Waals surface area (Å²) < 4.78 is 2.34. The first kappa shape index (κ1) is 14.0. The van der Waals surface area contributed by atoms with E-state index < -0.39 is 0 Å². The van der Waals surface area contributed by atoms with Crippen molar-refractivity contribution in [2.75, 3.05) is 0 Å². The van der Waals surface area contributed by atoms with Crippen molar-refractivity contribution < 1.29 is 4.57 Å². The Bertz CT molecular complexity index is 997. The molecule has 1 heteroatoms. The minimum absolute atomic E-state index is 0.947. The highest BCUT2D eigenvalue weighted by atomic mass is 14.9. The second-order valence-corrected chi connectivity index (χ2v) is 6.23. The summed E-state index contributed by atoms with van der Waals surface area (Å²) in [5.74, 6) is 0. The molecule has 0 atom stereocenters. The second-order valence-electron chi connectivity index (χ2n) is 6.23. The Hall–Kier alpha value is -2.67. The van der Waals surface area contributed by atoms with Gasteiger partial charge in [0.05, 0.1) is 11.8 Å². The van der Waals surface area contributed by atoms with E-state index in [1.54, 1.807) is 0 Å². The Morgan fingerprint density at radius 3 is 2.04 bits per heavy atom. The molecule has 0 spiro atoms. The van der Waals surface area contributed by atoms with Crippen LogP contribution >= 0.6 is 0 Å². The van der Waals surface area contributed by atoms with E-state index in [0.717, 1.165) is 6.42 Å². The molecule has 0 aliphatic rings. The van der Waals surface area contributed by atoms with E-state index in [4.69, 9.17) is 0 Å². The number of nitrogens with zero attached hydrogens (tertiary/aromatic N) is 1. The number of hydrogen-bond donors (Lipinski definition) is 0. The predicted octanol–water partition coefficient (Wildman–Crippen LogP) is 4.72. The number of fused-ring (bicyclic) bond motifs is 3. The molecule has 1 nitrogen and oxygen atoms in total. The standard InChI is InChI=1S/C22H20N/c1-16-11-13-17(14-12-16)15-22-20-9-4-3-7-18(20)19-8-5-6-10-21(19)23(22)2/h3-14H,15H2,1-2H3/q+1. The third kappa shape index (κ3) is 2.39. The first-order valence-electron chi connectivity index (χ1n) is 8.08. The molecular formula is C22H20N+. The van der Waals surface area contributed by atoms with Crippen LogP contribution < -0.4 is 4.57 Å². The lowest BCUT2D eigenvalue weighted by Gasteiger charge is -2.09. The van der Waals surface area contributed by atoms with Crippen LogP contribution in [0.3, 0.4) is 0 Å². The van der Waals surface area contributed by atoms with Gasteiger partial charge in [0.25, 0.3) is 0 Å². The maximum atomic E-state index is 2.34. The summed E-state index contributed by atoms with van der Waals surface area (Å²) in [5, 5.41) is 4.00. The first-order chi connectivity index (χ1) is 11.2. The molecule has 3 aromatic carbocycles. The zero-order chi connectivity index (χ0) is 15.8. The van der Waals surface area contributed by atoms with Gasteiger partial charge in [0.1, 0.15) is 7.05 Å². The normalized spacial score (nSPS) is 11.2. The van der Waals surface area contributed by atoms with Crippen LogP contribution in [0.5, 0.6) is 0 Å². The quantitative estimate of drug-likeness (QED) is 0.372. The van der Waals surface area contributed by atoms with Crippen molar-refractivity contribution in [3.8, 4) is 0 Å². The summed E-state index contributed by atoms with van der Waals surface area (Å²) in [6.07, 6.45) is 0.947. The lowest BCUT2D eigenvalue weighted by atomic mass is 9.99. The van der Waals surface area contributed by atoms with Crippen molar-refractivity contribution in [3.05, 3.63) is 89.6 Å². The minimum Gasteiger partial charge on any atom is -0.197 e. The molecule has 0 aliphatic heterocycles. The van der Waals surface area contributed by atoms with Gasteiger partial charge in [-0.3, -0.25) is 0 Å². The van der Waals surface area contributed by atoms with Crippen LogP contribution in [0.1, 0.15) is 16.8 Å². The first-order valence-corrected chi connectivity index (χ1v) is 8.08. The Morgan fingerprint density at radius 1 is 0.696 bits per heavy atom. The molecule has 4 rings (SSSR count). The number of pyridine rings is 1. The fourth-order valence-corrected chi connectivity index (χ4v) is 3.40. The van der Waals surface area contributed by atoms with Crippen molar-refractivity contribution in [2.45, 2.75) is 13.3 Å². The smallest absolute Gasteiger partial charge is 0.197 e. The zero-order valence-electron chi connectivity index (χ0n) is 13.6. The van der Waals surface area contributed by atoms with Gasteiger partial charge in [-0.15, -0.1) is 0 Å². The molecule has 0 fully saturated rings. The van der Waals surface area contributed by atoms with Gasteiger partial charge in [-0.25, -0.2) is 0 Å². The number of aryl methyl sites for hydroxylation is 2. The molecule has 0 bridgehead atoms. The summed E-state index contributed by atoms with van der Waals surface area (Å²) in [6, 6.07) is 26.3. The minimum atomic E-state index is 0.947. The van der Waals surface area contributed by atoms with Crippen molar-refractivity contribution in [2.24, 2.45) is 7.05 Å². The zero-order valence-corrected chi connectivity index (χ0v) is 13.6. The second kappa shape index (κ2) is 5.51. The number of rotatable bonds is 2. The van der Waals surface area contributed by atoms with E-state index in [1.165, 1.54) is 38.5 Å². The summed E-state index contributed by atoms with van der Waals surface area (Å²) in [6.45, 7) is 2.13. The maximum absolute atomic E-state index is 2.34. The van der Waals surface area contributed by atoms with Gasteiger partial charge in [0.15, 0.2) is 5.69 Å². The highest BCUT2D eigenvalue weighted by Gasteiger charge is 2.18. The molecule has 0 N–H and O–H groups in total. The number of benzene rings is 3. The largest absolute Gasteiger partial charge is 0.213 e. The Balaban J connectivity index is 2.00. The summed E-state index contributed by atoms with van der Waals surface area (Å²) in [4.78, 5) is 0. The van der Waals surface area contributed by atoms with Crippen LogP contribution in [0.4, 0.5) is 0 Å². The van der Waals surface area contributed by atoms with E-state index in [9.17, 15) is 0 Å². The summed E-state index contributed by atoms with van der Waals surface area (Å²) in [5.41, 5.74) is 5.31. The van der Waals surface area contributed by atoms with Gasteiger partial charge in [-0.05, 0) is 24.6 Å². The van der Waals surface area contributed by atoms with Gasteiger partial charge in [0.2, 0.25) is 5.52 Å². The molecule has 0 unspecified atom stereocenters. The van der Waals surface area contributed by atoms with Crippen LogP contribution in [-0.2, 0) is 13.5 Å². The monoisotopic (exact) mass is 298 g/mol. The lowest BCUT2D eigenvalue weighted by molar-refractivity contribution is -0.651. The van der Waals surface area contributed by atoms with Crippen LogP contribution in [-0.4, -0.2) is 0 Å². The molecular weight excluding hydrogens is 278 g/mol. The van der Waals surface area contributed by atoms with Crippen LogP contribution in [0, 0.1) is 6.92 Å². The molecule has 23 heavy (non-hydrogen) atoms. The van der Waals surface area contributed by atoms with E-state index in [1.807, 2.05) is 0 Å². The van der Waals surface area contributed by atoms with Crippen LogP contribution in [0.2, 0.25) is 0 Å². The third-order valence-corrected chi connectivity index (χ3v) is 4.69. The molecule has 4 aromatic rings. The highest BCUT2D eigenvalue weighted by Crippen LogP contribution is 2.26. The average Bonchev–Trinajstić information content (AvgIpc) is 2.60. The van der Waals surface area contributed by atoms with Gasteiger partial charge in [-0.1, -0.05) is 60.2 Å². The maximum Gasteiger partial charge on any atom is 0.213 e. The summed E-state index contributed by atoms with van der Waals surface area (Å²) >= 11 is 0. The summed E-state index contributed by atoms with van der Waals surface area (Å²) in [7, 11) is 2.18. The van der Waals surface area contributed by atoms with Gasteiger partial charge < -0.3 is 0 Å². The van der Waals surface area contributed by atoms with Gasteiger partial charge in [0, 0.05) is 16.8 Å². The van der Waals surface area contributed by atoms with Crippen LogP contribution in [0.25, 0.3) is 21.7 Å². The van der Waals surface area contributed by atoms with E-state index in [2.05, 4.69) is 91.3 Å². The third-order valence-electron chi connectivity index (χ3n) is 4.69. The molecule has 0 aliphatic carbocycles. The molecule has 0 saturated carbocycles. The van der Waals surface area contributed by atoms with Crippen molar-refractivity contribution >= 4 is 21.7 Å². The number of hydrogen-bond acceptors (Lipinski definition) is 0. The molecule has 0 saturated heterocycles. The molecule has 0 amide bonds. The SMILES string of the molecule is Cc1ccc(Cc2c3ccccc3c3ccccc3[n+]2C)cc1. The van der Waals surface area contributed by atoms with Gasteiger partial charge in [-0.2, -0.15) is 4.57 Å². The van der Waals surface area contributed by atoms with E-state index in [0.29, 0.717) is 0 Å². The van der Waals surface area contributed by atoms with Crippen molar-refractivity contribution in [1.82, 2.24) is 0 Å². The Morgan fingerprint density at radius 2 is 1.30 bits per heavy atom. The Kier molecular flexibility index (Phi) is 3.34. The fourth-order valence-electron chi connectivity index (χ4n) is 3.40. The van der Waals surface area contributed by atoms with Crippen molar-refractivity contribution in [1.29, 1.82) is 0 Å². The molecule has 112 valence electrons. The highest BCUT2D eigenvalue weighted by molar-refractivity contribution is 6.04. The van der Waals surface area contributed by atoms with E-state index >= 15 is 0 Å². The molecule has 1 heterocycles. The molecule has 0 radical (unpaired) electrons. The number of aromatic nitrogens is 1. The van der Waals surface area contributed by atoms with Crippen LogP contribution in [0.15, 0.2) is 72.8 Å². The Labute approximate surface area is 136 Å². The predicted molar refractivity (Wildman–Crippen MR) is 96.6 cm³/mol. The fraction of sp³-hybridized carbons (Fsp3) is 0.136. The topological polar surface area (TPSA) is 3.88 Å². The number of para-hydroxylation sites is 1. The average molecular weight is 298 g/mol. The lowest BCUT2D eigenvalue weighted by Crippen LogP contribution is -2.35. The van der Waals surface area contributed by atoms with E-state index in [-0.39, 0.29) is 0 Å². The molecule has 1 aromatic heterocycles.